The Kier molecular flexibility index (Phi) is 13.2. The highest BCUT2D eigenvalue weighted by molar-refractivity contribution is 7.48. The molecule has 0 amide bonds. The molecule has 0 fully saturated rings. The zero-order valence-corrected chi connectivity index (χ0v) is 15.4. The van der Waals surface area contributed by atoms with E-state index in [0.29, 0.717) is 18.8 Å². The van der Waals surface area contributed by atoms with Crippen LogP contribution >= 0.6 is 19.4 Å². The van der Waals surface area contributed by atoms with Crippen LogP contribution < -0.4 is 0 Å². The van der Waals surface area contributed by atoms with E-state index in [2.05, 4.69) is 31.9 Å². The van der Waals surface area contributed by atoms with E-state index in [0.717, 1.165) is 19.5 Å². The van der Waals surface area contributed by atoms with Crippen molar-refractivity contribution in [3.8, 4) is 0 Å². The van der Waals surface area contributed by atoms with Crippen molar-refractivity contribution in [2.75, 3.05) is 38.7 Å². The van der Waals surface area contributed by atoms with Crippen molar-refractivity contribution in [2.45, 2.75) is 32.8 Å². The average molecular weight is 354 g/mol. The molecule has 0 N–H and O–H groups in total. The lowest BCUT2D eigenvalue weighted by Crippen LogP contribution is -2.33. The maximum absolute atomic E-state index is 12.6. The zero-order valence-electron chi connectivity index (χ0n) is 13.7. The Bertz CT molecular complexity index is 334. The fraction of sp³-hybridized carbons (Fsp3) is 0.733. The third-order valence-electron chi connectivity index (χ3n) is 3.00. The molecule has 0 aliphatic carbocycles. The van der Waals surface area contributed by atoms with Crippen molar-refractivity contribution in [3.63, 3.8) is 0 Å². The van der Waals surface area contributed by atoms with E-state index >= 15 is 0 Å². The Balaban J connectivity index is 4.86. The minimum Gasteiger partial charge on any atom is -0.301 e. The van der Waals surface area contributed by atoms with Crippen LogP contribution in [0.2, 0.25) is 0 Å². The molecule has 0 saturated heterocycles. The third-order valence-corrected chi connectivity index (χ3v) is 4.75. The first-order valence-corrected chi connectivity index (χ1v) is 9.62. The van der Waals surface area contributed by atoms with Gasteiger partial charge in [0.15, 0.2) is 0 Å². The van der Waals surface area contributed by atoms with Crippen LogP contribution in [0.1, 0.15) is 26.7 Å². The summed E-state index contributed by atoms with van der Waals surface area (Å²) in [6, 6.07) is 0. The van der Waals surface area contributed by atoms with Crippen LogP contribution in [0.3, 0.4) is 0 Å². The molecule has 0 heterocycles. The van der Waals surface area contributed by atoms with Crippen LogP contribution in [0.5, 0.6) is 0 Å². The Labute approximate surface area is 139 Å². The molecular weight excluding hydrogens is 325 g/mol. The van der Waals surface area contributed by atoms with Gasteiger partial charge in [0, 0.05) is 12.4 Å². The summed E-state index contributed by atoms with van der Waals surface area (Å²) in [6.45, 7) is 13.9. The van der Waals surface area contributed by atoms with Crippen LogP contribution in [-0.4, -0.2) is 49.7 Å². The molecule has 0 spiro atoms. The normalized spacial score (nSPS) is 13.3. The van der Waals surface area contributed by atoms with Gasteiger partial charge in [-0.1, -0.05) is 26.0 Å². The molecule has 22 heavy (non-hydrogen) atoms. The van der Waals surface area contributed by atoms with Gasteiger partial charge in [0.05, 0.1) is 19.3 Å². The van der Waals surface area contributed by atoms with Gasteiger partial charge in [0.1, 0.15) is 0 Å². The highest BCUT2D eigenvalue weighted by atomic mass is 35.5. The number of hydrogen-bond acceptors (Lipinski definition) is 5. The van der Waals surface area contributed by atoms with Gasteiger partial charge in [-0.25, -0.2) is 4.57 Å². The molecule has 7 heteroatoms. The number of likely N-dealkylation sites (N-methyl/N-ethyl adjacent to an activating group) is 1. The van der Waals surface area contributed by atoms with Crippen LogP contribution in [0, 0.1) is 0 Å². The molecule has 1 atom stereocenters. The smallest absolute Gasteiger partial charge is 0.301 e. The molecular formula is C15H29ClNO4P. The predicted molar refractivity (Wildman–Crippen MR) is 92.5 cm³/mol. The first-order valence-electron chi connectivity index (χ1n) is 7.62. The van der Waals surface area contributed by atoms with Gasteiger partial charge in [-0.2, -0.15) is 0 Å². The molecule has 0 aromatic rings. The molecule has 0 bridgehead atoms. The van der Waals surface area contributed by atoms with Gasteiger partial charge in [-0.3, -0.25) is 13.6 Å². The fourth-order valence-corrected chi connectivity index (χ4v) is 3.28. The van der Waals surface area contributed by atoms with Crippen molar-refractivity contribution < 1.29 is 18.1 Å². The highest BCUT2D eigenvalue weighted by Crippen LogP contribution is 2.51. The quantitative estimate of drug-likeness (QED) is 0.250. The van der Waals surface area contributed by atoms with Crippen molar-refractivity contribution >= 4 is 19.4 Å². The first kappa shape index (κ1) is 21.8. The molecule has 0 saturated carbocycles. The molecule has 0 rings (SSSR count). The zero-order chi connectivity index (χ0) is 16.8. The van der Waals surface area contributed by atoms with Gasteiger partial charge >= 0.3 is 7.82 Å². The predicted octanol–water partition coefficient (Wildman–Crippen LogP) is 4.25. The number of nitrogens with zero attached hydrogens (tertiary/aromatic N) is 1. The second-order valence-electron chi connectivity index (χ2n) is 4.66. The number of hydrogen-bond donors (Lipinski definition) is 0. The topological polar surface area (TPSA) is 48.0 Å². The van der Waals surface area contributed by atoms with E-state index in [1.165, 1.54) is 12.2 Å². The van der Waals surface area contributed by atoms with E-state index in [4.69, 9.17) is 25.2 Å². The van der Waals surface area contributed by atoms with Crippen LogP contribution in [0.4, 0.5) is 0 Å². The van der Waals surface area contributed by atoms with E-state index in [1.807, 2.05) is 0 Å². The maximum atomic E-state index is 12.6. The lowest BCUT2D eigenvalue weighted by Gasteiger charge is -2.28. The van der Waals surface area contributed by atoms with Gasteiger partial charge in [0.25, 0.3) is 0 Å². The number of phosphoric acid groups is 1. The molecule has 0 aliphatic heterocycles. The Morgan fingerprint density at radius 2 is 1.73 bits per heavy atom. The molecule has 1 unspecified atom stereocenters. The monoisotopic (exact) mass is 353 g/mol. The van der Waals surface area contributed by atoms with E-state index < -0.39 is 7.82 Å². The largest absolute Gasteiger partial charge is 0.475 e. The summed E-state index contributed by atoms with van der Waals surface area (Å²) >= 11 is 5.76. The summed E-state index contributed by atoms with van der Waals surface area (Å²) in [5.74, 6) is 0.531. The van der Waals surface area contributed by atoms with Gasteiger partial charge < -0.3 is 4.90 Å². The molecule has 5 nitrogen and oxygen atoms in total. The average Bonchev–Trinajstić information content (AvgIpc) is 2.53. The second-order valence-corrected chi connectivity index (χ2v) is 6.66. The van der Waals surface area contributed by atoms with Crippen molar-refractivity contribution in [1.82, 2.24) is 4.90 Å². The lowest BCUT2D eigenvalue weighted by molar-refractivity contribution is 0.0645. The Morgan fingerprint density at radius 1 is 1.18 bits per heavy atom. The van der Waals surface area contributed by atoms with E-state index in [1.54, 1.807) is 0 Å². The van der Waals surface area contributed by atoms with Crippen molar-refractivity contribution in [3.05, 3.63) is 25.3 Å². The summed E-state index contributed by atoms with van der Waals surface area (Å²) in [4.78, 5) is 2.20. The summed E-state index contributed by atoms with van der Waals surface area (Å²) in [7, 11) is -3.64. The first-order chi connectivity index (χ1) is 10.5. The van der Waals surface area contributed by atoms with Crippen molar-refractivity contribution in [2.24, 2.45) is 0 Å². The Hall–Kier alpha value is -0.160. The SMILES string of the molecule is C=CCOP(=O)(OCC=C)OC(CCCCl)CN(CC)CC. The van der Waals surface area contributed by atoms with Crippen LogP contribution in [0.25, 0.3) is 0 Å². The fourth-order valence-electron chi connectivity index (χ4n) is 1.82. The Morgan fingerprint density at radius 3 is 2.14 bits per heavy atom. The van der Waals surface area contributed by atoms with Crippen molar-refractivity contribution in [1.29, 1.82) is 0 Å². The number of phosphoric ester groups is 1. The molecule has 0 radical (unpaired) electrons. The minimum atomic E-state index is -3.64. The van der Waals surface area contributed by atoms with Crippen LogP contribution in [-0.2, 0) is 18.1 Å². The third kappa shape index (κ3) is 9.78. The molecule has 0 aliphatic rings. The van der Waals surface area contributed by atoms with Gasteiger partial charge in [0.2, 0.25) is 0 Å². The highest BCUT2D eigenvalue weighted by Gasteiger charge is 2.30. The summed E-state index contributed by atoms with van der Waals surface area (Å²) in [5, 5.41) is 0. The standard InChI is InChI=1S/C15H29ClNO4P/c1-5-12-19-22(18,20-13-6-2)21-15(10-9-11-16)14-17(7-3)8-4/h5-6,15H,1-2,7-14H2,3-4H3. The van der Waals surface area contributed by atoms with Gasteiger partial charge in [-0.15, -0.1) is 24.8 Å². The maximum Gasteiger partial charge on any atom is 0.475 e. The number of halogens is 1. The number of alkyl halides is 1. The van der Waals surface area contributed by atoms with Gasteiger partial charge in [-0.05, 0) is 25.9 Å². The molecule has 0 aromatic carbocycles. The summed E-state index contributed by atoms with van der Waals surface area (Å²) < 4.78 is 28.8. The minimum absolute atomic E-state index is 0.0991. The van der Waals surface area contributed by atoms with E-state index in [9.17, 15) is 4.57 Å². The molecule has 0 aromatic heterocycles. The summed E-state index contributed by atoms with van der Waals surface area (Å²) in [5.41, 5.74) is 0. The molecule has 130 valence electrons. The van der Waals surface area contributed by atoms with E-state index in [-0.39, 0.29) is 19.3 Å². The second kappa shape index (κ2) is 13.3. The number of rotatable bonds is 15. The van der Waals surface area contributed by atoms with Crippen LogP contribution in [0.15, 0.2) is 25.3 Å². The summed E-state index contributed by atoms with van der Waals surface area (Å²) in [6.07, 6.45) is 4.21. The lowest BCUT2D eigenvalue weighted by atomic mass is 10.2.